The molecule has 1 aromatic carbocycles. The van der Waals surface area contributed by atoms with Crippen molar-refractivity contribution in [1.82, 2.24) is 4.68 Å². The number of nitrogens with zero attached hydrogens (tertiary/aromatic N) is 2. The fraction of sp³-hybridized carbons (Fsp3) is 0.231. The van der Waals surface area contributed by atoms with E-state index in [-0.39, 0.29) is 5.69 Å². The number of aromatic nitrogens is 2. The Morgan fingerprint density at radius 3 is 2.50 bits per heavy atom. The Labute approximate surface area is 110 Å². The van der Waals surface area contributed by atoms with Crippen LogP contribution in [0, 0.1) is 13.8 Å². The summed E-state index contributed by atoms with van der Waals surface area (Å²) < 4.78 is 3.37. The highest BCUT2D eigenvalue weighted by Crippen LogP contribution is 2.19. The highest BCUT2D eigenvalue weighted by atomic mass is 35.5. The van der Waals surface area contributed by atoms with Crippen LogP contribution in [0.2, 0.25) is 5.02 Å². The van der Waals surface area contributed by atoms with Gasteiger partial charge in [-0.2, -0.15) is 0 Å². The fourth-order valence-corrected chi connectivity index (χ4v) is 2.32. The molecular formula is C13H13ClN2O2. The average Bonchev–Trinajstić information content (AvgIpc) is 2.56. The van der Waals surface area contributed by atoms with E-state index in [4.69, 9.17) is 11.6 Å². The van der Waals surface area contributed by atoms with Crippen molar-refractivity contribution in [3.8, 4) is 5.69 Å². The number of carboxylic acids is 1. The summed E-state index contributed by atoms with van der Waals surface area (Å²) in [5.74, 6) is -1.19. The van der Waals surface area contributed by atoms with Gasteiger partial charge in [-0.3, -0.25) is 0 Å². The predicted molar refractivity (Wildman–Crippen MR) is 65.8 cm³/mol. The molecule has 1 heterocycles. The number of hydrogen-bond acceptors (Lipinski definition) is 2. The zero-order valence-corrected chi connectivity index (χ0v) is 11.2. The molecule has 0 amide bonds. The molecule has 1 aromatic heterocycles. The molecule has 0 N–H and O–H groups in total. The average molecular weight is 265 g/mol. The van der Waals surface area contributed by atoms with E-state index in [0.29, 0.717) is 5.02 Å². The van der Waals surface area contributed by atoms with E-state index >= 15 is 0 Å². The zero-order chi connectivity index (χ0) is 13.4. The van der Waals surface area contributed by atoms with Crippen LogP contribution in [0.4, 0.5) is 0 Å². The number of aryl methyl sites for hydroxylation is 2. The number of carbonyl (C=O) groups is 1. The Bertz CT molecular complexity index is 632. The van der Waals surface area contributed by atoms with E-state index in [0.717, 1.165) is 16.9 Å². The molecular weight excluding hydrogens is 252 g/mol. The lowest BCUT2D eigenvalue weighted by molar-refractivity contribution is -0.748. The number of halogens is 1. The van der Waals surface area contributed by atoms with Gasteiger partial charge in [-0.25, -0.2) is 0 Å². The lowest BCUT2D eigenvalue weighted by Gasteiger charge is -2.07. The Hall–Kier alpha value is -1.81. The molecule has 0 spiro atoms. The summed E-state index contributed by atoms with van der Waals surface area (Å²) >= 11 is 5.92. The molecule has 2 aromatic rings. The van der Waals surface area contributed by atoms with Crippen molar-refractivity contribution >= 4 is 17.6 Å². The first-order valence-electron chi connectivity index (χ1n) is 5.48. The molecule has 0 atom stereocenters. The van der Waals surface area contributed by atoms with Gasteiger partial charge in [-0.05, 0) is 37.6 Å². The smallest absolute Gasteiger partial charge is 0.254 e. The topological polar surface area (TPSA) is 48.9 Å². The van der Waals surface area contributed by atoms with Crippen LogP contribution in [-0.2, 0) is 7.05 Å². The molecule has 4 nitrogen and oxygen atoms in total. The third kappa shape index (κ3) is 1.99. The lowest BCUT2D eigenvalue weighted by Crippen LogP contribution is -2.46. The van der Waals surface area contributed by atoms with Gasteiger partial charge in [0.05, 0.1) is 5.69 Å². The quantitative estimate of drug-likeness (QED) is 0.758. The van der Waals surface area contributed by atoms with Gasteiger partial charge in [0.15, 0.2) is 7.05 Å². The number of carbonyl (C=O) groups excluding carboxylic acids is 1. The van der Waals surface area contributed by atoms with E-state index in [9.17, 15) is 9.90 Å². The van der Waals surface area contributed by atoms with Crippen LogP contribution in [-0.4, -0.2) is 10.7 Å². The Morgan fingerprint density at radius 1 is 1.33 bits per heavy atom. The Balaban J connectivity index is 2.68. The molecule has 0 radical (unpaired) electrons. The van der Waals surface area contributed by atoms with Crippen LogP contribution in [0.3, 0.4) is 0 Å². The minimum atomic E-state index is -1.19. The molecule has 0 bridgehead atoms. The molecule has 0 unspecified atom stereocenters. The maximum atomic E-state index is 11.0. The first kappa shape index (κ1) is 12.6. The maximum Gasteiger partial charge on any atom is 0.254 e. The van der Waals surface area contributed by atoms with E-state index in [2.05, 4.69) is 0 Å². The predicted octanol–water partition coefficient (Wildman–Crippen LogP) is 0.936. The van der Waals surface area contributed by atoms with Crippen molar-refractivity contribution in [2.45, 2.75) is 13.8 Å². The van der Waals surface area contributed by atoms with Crippen LogP contribution in [0.5, 0.6) is 0 Å². The van der Waals surface area contributed by atoms with Gasteiger partial charge in [0.1, 0.15) is 11.7 Å². The van der Waals surface area contributed by atoms with Gasteiger partial charge < -0.3 is 9.90 Å². The summed E-state index contributed by atoms with van der Waals surface area (Å²) in [6.45, 7) is 3.78. The van der Waals surface area contributed by atoms with Crippen molar-refractivity contribution < 1.29 is 14.6 Å². The second-order valence-corrected chi connectivity index (χ2v) is 4.66. The summed E-state index contributed by atoms with van der Waals surface area (Å²) in [4.78, 5) is 11.0. The van der Waals surface area contributed by atoms with Crippen molar-refractivity contribution in [3.63, 3.8) is 0 Å². The van der Waals surface area contributed by atoms with Crippen molar-refractivity contribution in [3.05, 3.63) is 46.2 Å². The highest BCUT2D eigenvalue weighted by Gasteiger charge is 2.20. The standard InChI is InChI=1S/C13H13ClN2O2/c1-8-6-10(14)4-5-11(8)16-9(2)7-12(13(17)18)15(16)3/h4-7H,1-3H3. The molecule has 0 saturated carbocycles. The summed E-state index contributed by atoms with van der Waals surface area (Å²) in [7, 11) is 1.69. The van der Waals surface area contributed by atoms with Crippen LogP contribution in [0.1, 0.15) is 21.7 Å². The van der Waals surface area contributed by atoms with Crippen LogP contribution in [0.15, 0.2) is 24.3 Å². The number of hydrogen-bond donors (Lipinski definition) is 0. The second kappa shape index (κ2) is 4.46. The number of benzene rings is 1. The SMILES string of the molecule is Cc1cc(Cl)ccc1-n1c(C)cc(C(=O)[O-])[n+]1C. The minimum absolute atomic E-state index is 0.141. The van der Waals surface area contributed by atoms with Gasteiger partial charge in [-0.15, -0.1) is 9.36 Å². The Kier molecular flexibility index (Phi) is 3.13. The molecule has 5 heteroatoms. The van der Waals surface area contributed by atoms with Crippen molar-refractivity contribution in [1.29, 1.82) is 0 Å². The van der Waals surface area contributed by atoms with E-state index in [1.54, 1.807) is 23.9 Å². The Morgan fingerprint density at radius 2 is 2.00 bits per heavy atom. The molecule has 0 saturated heterocycles. The largest absolute Gasteiger partial charge is 0.539 e. The lowest BCUT2D eigenvalue weighted by atomic mass is 10.2. The van der Waals surface area contributed by atoms with E-state index in [1.165, 1.54) is 0 Å². The van der Waals surface area contributed by atoms with Gasteiger partial charge >= 0.3 is 0 Å². The van der Waals surface area contributed by atoms with E-state index < -0.39 is 5.97 Å². The monoisotopic (exact) mass is 264 g/mol. The highest BCUT2D eigenvalue weighted by molar-refractivity contribution is 6.30. The second-order valence-electron chi connectivity index (χ2n) is 4.22. The fourth-order valence-electron chi connectivity index (χ4n) is 2.10. The van der Waals surface area contributed by atoms with Crippen LogP contribution >= 0.6 is 11.6 Å². The summed E-state index contributed by atoms with van der Waals surface area (Å²) in [5.41, 5.74) is 2.83. The first-order chi connectivity index (χ1) is 8.41. The van der Waals surface area contributed by atoms with Gasteiger partial charge in [0.2, 0.25) is 0 Å². The molecule has 0 aliphatic rings. The van der Waals surface area contributed by atoms with Gasteiger partial charge in [0, 0.05) is 11.1 Å². The molecule has 0 fully saturated rings. The summed E-state index contributed by atoms with van der Waals surface area (Å²) in [6, 6.07) is 7.07. The molecule has 0 aliphatic heterocycles. The van der Waals surface area contributed by atoms with Gasteiger partial charge in [-0.1, -0.05) is 11.6 Å². The molecule has 0 aliphatic carbocycles. The minimum Gasteiger partial charge on any atom is -0.539 e. The van der Waals surface area contributed by atoms with Gasteiger partial charge in [0.25, 0.3) is 5.69 Å². The third-order valence-corrected chi connectivity index (χ3v) is 3.16. The van der Waals surface area contributed by atoms with Crippen molar-refractivity contribution in [2.75, 3.05) is 0 Å². The third-order valence-electron chi connectivity index (χ3n) is 2.92. The number of aromatic carboxylic acids is 1. The zero-order valence-electron chi connectivity index (χ0n) is 10.4. The number of carboxylic acid groups (broad SMARTS) is 1. The molecule has 2 rings (SSSR count). The molecule has 94 valence electrons. The summed E-state index contributed by atoms with van der Waals surface area (Å²) in [6.07, 6.45) is 0. The normalized spacial score (nSPS) is 10.7. The maximum absolute atomic E-state index is 11.0. The molecule has 18 heavy (non-hydrogen) atoms. The first-order valence-corrected chi connectivity index (χ1v) is 5.86. The van der Waals surface area contributed by atoms with E-state index in [1.807, 2.05) is 30.7 Å². The van der Waals surface area contributed by atoms with Crippen molar-refractivity contribution in [2.24, 2.45) is 7.05 Å². The van der Waals surface area contributed by atoms with Crippen LogP contribution < -0.4 is 9.79 Å². The summed E-state index contributed by atoms with van der Waals surface area (Å²) in [5, 5.41) is 11.6. The number of rotatable bonds is 2. The van der Waals surface area contributed by atoms with Crippen LogP contribution in [0.25, 0.3) is 5.69 Å².